The fourth-order valence-corrected chi connectivity index (χ4v) is 8.56. The maximum atomic E-state index is 13.6. The van der Waals surface area contributed by atoms with Crippen molar-refractivity contribution in [3.05, 3.63) is 112 Å². The molecule has 0 radical (unpaired) electrons. The van der Waals surface area contributed by atoms with Crippen LogP contribution in [0.3, 0.4) is 0 Å². The van der Waals surface area contributed by atoms with Gasteiger partial charge in [-0.1, -0.05) is 24.3 Å². The number of imide groups is 1. The minimum atomic E-state index is -0.711. The number of amides is 3. The van der Waals surface area contributed by atoms with E-state index in [0.717, 1.165) is 68.1 Å². The number of imidazole rings is 1. The number of aryl methyl sites for hydroxylation is 1. The first-order valence-electron chi connectivity index (χ1n) is 20.8. The van der Waals surface area contributed by atoms with Gasteiger partial charge in [0.1, 0.15) is 17.7 Å². The average molecular weight is 857 g/mol. The molecule has 2 aliphatic heterocycles. The SMILES string of the molecule is CNC(=O)c1cnc(Nc2ccc(CN(C)CC3CCN(Cc4cccc5c4n(C)c(=O)n5C4CCC(=O)NC4=O)CC3)cn2)cc1Nc1cccc(-c2ncc(F)cn2)c1OC. The Bertz CT molecular complexity index is 2710. The van der Waals surface area contributed by atoms with E-state index < -0.39 is 17.8 Å². The quantitative estimate of drug-likeness (QED) is 0.108. The maximum absolute atomic E-state index is 13.6. The summed E-state index contributed by atoms with van der Waals surface area (Å²) in [6.07, 6.45) is 8.09. The van der Waals surface area contributed by atoms with Crippen LogP contribution in [0.4, 0.5) is 27.4 Å². The largest absolute Gasteiger partial charge is 0.494 e. The third kappa shape index (κ3) is 9.27. The summed E-state index contributed by atoms with van der Waals surface area (Å²) < 4.78 is 22.4. The third-order valence-corrected chi connectivity index (χ3v) is 11.6. The standard InChI is InChI=1S/C45H49FN12O5/c1-47-43(60)32-23-49-38(19-34(32)52-33-9-6-8-31(41(33)63-4)42-50-21-30(46)22-51-42)53-37-13-11-28(20-48-37)25-55(2)24-27-15-17-57(18-16-27)26-29-7-5-10-35-40(29)56(3)45(62)58(35)36-12-14-39(59)54-44(36)61/h5-11,13,19-23,27,36H,12,14-18,24-26H2,1-4H3,(H,47,60)(H,54,59,61)(H2,48,49,52,53). The van der Waals surface area contributed by atoms with E-state index in [-0.39, 0.29) is 29.7 Å². The molecule has 1 atom stereocenters. The van der Waals surface area contributed by atoms with Gasteiger partial charge in [-0.3, -0.25) is 33.7 Å². The molecule has 2 saturated heterocycles. The first-order chi connectivity index (χ1) is 30.5. The van der Waals surface area contributed by atoms with Crippen LogP contribution in [0, 0.1) is 11.7 Å². The predicted octanol–water partition coefficient (Wildman–Crippen LogP) is 4.90. The van der Waals surface area contributed by atoms with Crippen molar-refractivity contribution in [2.45, 2.75) is 44.8 Å². The Morgan fingerprint density at radius 1 is 0.921 bits per heavy atom. The summed E-state index contributed by atoms with van der Waals surface area (Å²) in [4.78, 5) is 72.8. The van der Waals surface area contributed by atoms with Gasteiger partial charge in [0.25, 0.3) is 5.91 Å². The Kier molecular flexibility index (Phi) is 12.5. The van der Waals surface area contributed by atoms with Gasteiger partial charge in [-0.2, -0.15) is 0 Å². The molecule has 2 aliphatic rings. The van der Waals surface area contributed by atoms with Crippen molar-refractivity contribution in [2.75, 3.05) is 51.5 Å². The van der Waals surface area contributed by atoms with Crippen LogP contribution in [0.2, 0.25) is 0 Å². The van der Waals surface area contributed by atoms with E-state index in [9.17, 15) is 23.6 Å². The van der Waals surface area contributed by atoms with Crippen molar-refractivity contribution in [3.63, 3.8) is 0 Å². The molecule has 326 valence electrons. The van der Waals surface area contributed by atoms with Gasteiger partial charge in [0.15, 0.2) is 17.4 Å². The highest BCUT2D eigenvalue weighted by molar-refractivity contribution is 6.01. The Morgan fingerprint density at radius 2 is 1.68 bits per heavy atom. The number of nitrogens with zero attached hydrogens (tertiary/aromatic N) is 8. The molecule has 0 aliphatic carbocycles. The number of para-hydroxylation sites is 2. The number of rotatable bonds is 14. The van der Waals surface area contributed by atoms with Crippen LogP contribution in [-0.4, -0.2) is 97.4 Å². The lowest BCUT2D eigenvalue weighted by Gasteiger charge is -2.34. The van der Waals surface area contributed by atoms with E-state index in [1.165, 1.54) is 17.9 Å². The number of benzene rings is 2. The zero-order chi connectivity index (χ0) is 44.2. The zero-order valence-electron chi connectivity index (χ0n) is 35.5. The van der Waals surface area contributed by atoms with Gasteiger partial charge in [-0.25, -0.2) is 29.1 Å². The van der Waals surface area contributed by atoms with Crippen molar-refractivity contribution in [3.8, 4) is 17.1 Å². The van der Waals surface area contributed by atoms with E-state index in [4.69, 9.17) is 4.74 Å². The molecule has 2 fully saturated rings. The molecule has 3 amide bonds. The van der Waals surface area contributed by atoms with Crippen LogP contribution in [0.15, 0.2) is 84.2 Å². The number of aromatic nitrogens is 6. The van der Waals surface area contributed by atoms with Crippen LogP contribution >= 0.6 is 0 Å². The van der Waals surface area contributed by atoms with Gasteiger partial charge in [0, 0.05) is 58.6 Å². The molecule has 4 N–H and O–H groups in total. The van der Waals surface area contributed by atoms with E-state index in [0.29, 0.717) is 64.3 Å². The summed E-state index contributed by atoms with van der Waals surface area (Å²) in [5.74, 6) is 0.618. The molecule has 6 heterocycles. The molecule has 6 aromatic rings. The fourth-order valence-electron chi connectivity index (χ4n) is 8.56. The summed E-state index contributed by atoms with van der Waals surface area (Å²) in [5.41, 5.74) is 5.20. The Hall–Kier alpha value is -7.05. The van der Waals surface area contributed by atoms with Gasteiger partial charge in [-0.15, -0.1) is 0 Å². The molecule has 0 saturated carbocycles. The summed E-state index contributed by atoms with van der Waals surface area (Å²) in [5, 5.41) is 11.6. The minimum Gasteiger partial charge on any atom is -0.494 e. The second-order valence-electron chi connectivity index (χ2n) is 16.0. The molecule has 8 rings (SSSR count). The molecule has 2 aromatic carbocycles. The van der Waals surface area contributed by atoms with Crippen molar-refractivity contribution in [1.82, 2.24) is 49.5 Å². The lowest BCUT2D eigenvalue weighted by atomic mass is 9.95. The Balaban J connectivity index is 0.867. The van der Waals surface area contributed by atoms with Gasteiger partial charge >= 0.3 is 5.69 Å². The topological polar surface area (TPSA) is 194 Å². The van der Waals surface area contributed by atoms with Gasteiger partial charge in [0.05, 0.1) is 53.0 Å². The summed E-state index contributed by atoms with van der Waals surface area (Å²) in [6, 6.07) is 16.1. The number of methoxy groups -OCH3 is 1. The van der Waals surface area contributed by atoms with Gasteiger partial charge < -0.3 is 25.6 Å². The maximum Gasteiger partial charge on any atom is 0.329 e. The van der Waals surface area contributed by atoms with Crippen LogP contribution in [-0.2, 0) is 29.7 Å². The first kappa shape index (κ1) is 42.6. The van der Waals surface area contributed by atoms with Crippen LogP contribution in [0.5, 0.6) is 5.75 Å². The number of ether oxygens (including phenoxy) is 1. The van der Waals surface area contributed by atoms with E-state index in [1.54, 1.807) is 42.9 Å². The molecule has 4 aromatic heterocycles. The highest BCUT2D eigenvalue weighted by atomic mass is 19.1. The zero-order valence-corrected chi connectivity index (χ0v) is 35.5. The Morgan fingerprint density at radius 3 is 2.40 bits per heavy atom. The Labute approximate surface area is 362 Å². The third-order valence-electron chi connectivity index (χ3n) is 11.6. The van der Waals surface area contributed by atoms with Crippen molar-refractivity contribution in [1.29, 1.82) is 0 Å². The lowest BCUT2D eigenvalue weighted by Crippen LogP contribution is -2.44. The number of nitrogens with one attached hydrogen (secondary N) is 4. The number of carbonyl (C=O) groups excluding carboxylic acids is 3. The number of hydrogen-bond acceptors (Lipinski definition) is 13. The number of halogens is 1. The van der Waals surface area contributed by atoms with Crippen LogP contribution in [0.25, 0.3) is 22.4 Å². The first-order valence-corrected chi connectivity index (χ1v) is 20.8. The van der Waals surface area contributed by atoms with Crippen molar-refractivity contribution < 1.29 is 23.5 Å². The summed E-state index contributed by atoms with van der Waals surface area (Å²) >= 11 is 0. The second kappa shape index (κ2) is 18.5. The number of hydrogen-bond donors (Lipinski definition) is 4. The number of anilines is 4. The average Bonchev–Trinajstić information content (AvgIpc) is 3.54. The predicted molar refractivity (Wildman–Crippen MR) is 235 cm³/mol. The number of likely N-dealkylation sites (tertiary alicyclic amines) is 1. The highest BCUT2D eigenvalue weighted by Crippen LogP contribution is 2.37. The van der Waals surface area contributed by atoms with Gasteiger partial charge in [-0.05, 0) is 80.7 Å². The van der Waals surface area contributed by atoms with Crippen molar-refractivity contribution >= 4 is 51.8 Å². The molecule has 63 heavy (non-hydrogen) atoms. The molecule has 1 unspecified atom stereocenters. The van der Waals surface area contributed by atoms with Crippen LogP contribution in [0.1, 0.15) is 53.2 Å². The lowest BCUT2D eigenvalue weighted by molar-refractivity contribution is -0.135. The van der Waals surface area contributed by atoms with E-state index in [2.05, 4.69) is 58.1 Å². The molecule has 0 spiro atoms. The molecule has 17 nitrogen and oxygen atoms in total. The summed E-state index contributed by atoms with van der Waals surface area (Å²) in [6.45, 7) is 4.22. The highest BCUT2D eigenvalue weighted by Gasteiger charge is 2.32. The van der Waals surface area contributed by atoms with E-state index in [1.807, 2.05) is 36.5 Å². The van der Waals surface area contributed by atoms with E-state index >= 15 is 0 Å². The molecular formula is C45H49FN12O5. The molecular weight excluding hydrogens is 808 g/mol. The van der Waals surface area contributed by atoms with Crippen molar-refractivity contribution in [2.24, 2.45) is 13.0 Å². The molecule has 18 heteroatoms. The summed E-state index contributed by atoms with van der Waals surface area (Å²) in [7, 11) is 6.92. The fraction of sp³-hybridized carbons (Fsp3) is 0.333. The minimum absolute atomic E-state index is 0.204. The monoisotopic (exact) mass is 856 g/mol. The number of carbonyl (C=O) groups is 3. The molecule has 0 bridgehead atoms. The number of pyridine rings is 2. The smallest absolute Gasteiger partial charge is 0.329 e. The number of piperidine rings is 2. The second-order valence-corrected chi connectivity index (χ2v) is 16.0. The normalized spacial score (nSPS) is 16.0. The van der Waals surface area contributed by atoms with Gasteiger partial charge in [0.2, 0.25) is 11.8 Å². The van der Waals surface area contributed by atoms with Crippen LogP contribution < -0.4 is 31.7 Å². The number of fused-ring (bicyclic) bond motifs is 1.